The fourth-order valence-electron chi connectivity index (χ4n) is 2.13. The number of nitrogens with zero attached hydrogens (tertiary/aromatic N) is 4. The van der Waals surface area contributed by atoms with Gasteiger partial charge in [0.25, 0.3) is 5.56 Å². The van der Waals surface area contributed by atoms with Gasteiger partial charge in [-0.25, -0.2) is 9.78 Å². The lowest BCUT2D eigenvalue weighted by Gasteiger charge is -2.09. The van der Waals surface area contributed by atoms with E-state index in [-0.39, 0.29) is 23.7 Å². The van der Waals surface area contributed by atoms with Gasteiger partial charge in [0.05, 0.1) is 25.5 Å². The largest absolute Gasteiger partial charge is 1.00 e. The molecule has 2 rings (SSSR count). The first kappa shape index (κ1) is 16.5. The van der Waals surface area contributed by atoms with Crippen LogP contribution in [0.15, 0.2) is 15.9 Å². The third-order valence-electron chi connectivity index (χ3n) is 3.19. The Hall–Kier alpha value is -1.60. The van der Waals surface area contributed by atoms with E-state index in [0.29, 0.717) is 30.3 Å². The van der Waals surface area contributed by atoms with E-state index in [9.17, 15) is 9.59 Å². The van der Waals surface area contributed by atoms with Crippen LogP contribution in [0.4, 0.5) is 0 Å². The molecule has 0 bridgehead atoms. The first-order valence-electron chi connectivity index (χ1n) is 6.37. The summed E-state index contributed by atoms with van der Waals surface area (Å²) < 4.78 is 4.36. The van der Waals surface area contributed by atoms with Crippen LogP contribution in [-0.4, -0.2) is 31.3 Å². The Balaban J connectivity index is 0.00000200. The fourth-order valence-corrected chi connectivity index (χ4v) is 2.13. The normalized spacial score (nSPS) is 11.1. The lowest BCUT2D eigenvalue weighted by Crippen LogP contribution is -3.00. The van der Waals surface area contributed by atoms with E-state index in [0.717, 1.165) is 0 Å². The molecule has 7 nitrogen and oxygen atoms in total. The van der Waals surface area contributed by atoms with Crippen molar-refractivity contribution in [2.24, 2.45) is 14.1 Å². The second kappa shape index (κ2) is 6.23. The average Bonchev–Trinajstić information content (AvgIpc) is 2.73. The van der Waals surface area contributed by atoms with Crippen LogP contribution < -0.4 is 29.0 Å². The summed E-state index contributed by atoms with van der Waals surface area (Å²) in [6.07, 6.45) is 1.55. The van der Waals surface area contributed by atoms with Crippen LogP contribution >= 0.6 is 0 Å². The van der Waals surface area contributed by atoms with Crippen molar-refractivity contribution in [1.29, 1.82) is 0 Å². The highest BCUT2D eigenvalue weighted by atomic mass is 35.5. The van der Waals surface area contributed by atoms with Crippen molar-refractivity contribution in [3.8, 4) is 0 Å². The summed E-state index contributed by atoms with van der Waals surface area (Å²) in [4.78, 5) is 28.6. The number of aryl methyl sites for hydroxylation is 2. The highest BCUT2D eigenvalue weighted by Crippen LogP contribution is 2.02. The van der Waals surface area contributed by atoms with E-state index in [4.69, 9.17) is 0 Å². The summed E-state index contributed by atoms with van der Waals surface area (Å²) in [6.45, 7) is 5.26. The molecule has 2 aromatic heterocycles. The minimum absolute atomic E-state index is 0. The summed E-state index contributed by atoms with van der Waals surface area (Å²) >= 11 is 0. The number of rotatable bonds is 4. The minimum atomic E-state index is -0.312. The lowest BCUT2D eigenvalue weighted by molar-refractivity contribution is -0.683. The number of hydrogen-bond donors (Lipinski definition) is 1. The molecule has 2 heterocycles. The van der Waals surface area contributed by atoms with Gasteiger partial charge in [0.15, 0.2) is 11.2 Å². The Morgan fingerprint density at radius 1 is 1.30 bits per heavy atom. The van der Waals surface area contributed by atoms with Crippen LogP contribution in [0.25, 0.3) is 11.2 Å². The zero-order chi connectivity index (χ0) is 14.2. The molecular formula is C12H20ClN5O2. The van der Waals surface area contributed by atoms with E-state index < -0.39 is 0 Å². The molecule has 2 N–H and O–H groups in total. The quantitative estimate of drug-likeness (QED) is 0.617. The minimum Gasteiger partial charge on any atom is -1.00 e. The van der Waals surface area contributed by atoms with E-state index >= 15 is 0 Å². The lowest BCUT2D eigenvalue weighted by atomic mass is 10.4. The molecule has 0 amide bonds. The van der Waals surface area contributed by atoms with Crippen molar-refractivity contribution in [2.75, 3.05) is 6.54 Å². The first-order valence-corrected chi connectivity index (χ1v) is 6.37. The highest BCUT2D eigenvalue weighted by Gasteiger charge is 2.14. The monoisotopic (exact) mass is 301 g/mol. The number of aromatic nitrogens is 4. The maximum absolute atomic E-state index is 12.3. The molecule has 0 aromatic carbocycles. The maximum atomic E-state index is 12.3. The van der Waals surface area contributed by atoms with Crippen LogP contribution in [-0.2, 0) is 20.6 Å². The standard InChI is InChI=1S/C12H19N5O2.ClH/c1-8(2)13-5-6-17-11(18)9-10(14-7-15(9)3)16(4)12(17)19;/h7-8,13H,5-6H2,1-4H3;1H. The van der Waals surface area contributed by atoms with Gasteiger partial charge < -0.3 is 22.3 Å². The molecule has 0 radical (unpaired) electrons. The fraction of sp³-hybridized carbons (Fsp3) is 0.583. The Kier molecular flexibility index (Phi) is 5.13. The molecule has 8 heteroatoms. The van der Waals surface area contributed by atoms with Gasteiger partial charge in [-0.15, -0.1) is 0 Å². The summed E-state index contributed by atoms with van der Waals surface area (Å²) in [5.74, 6) is 0. The molecule has 0 unspecified atom stereocenters. The topological polar surface area (TPSA) is 78.4 Å². The molecule has 0 saturated heterocycles. The predicted octanol–water partition coefficient (Wildman–Crippen LogP) is -4.59. The van der Waals surface area contributed by atoms with Gasteiger partial charge in [-0.1, -0.05) is 0 Å². The zero-order valence-corrected chi connectivity index (χ0v) is 12.9. The summed E-state index contributed by atoms with van der Waals surface area (Å²) in [5, 5.41) is 2.10. The Labute approximate surface area is 122 Å². The number of imidazole rings is 1. The number of hydrogen-bond acceptors (Lipinski definition) is 3. The molecular weight excluding hydrogens is 282 g/mol. The van der Waals surface area contributed by atoms with Crippen molar-refractivity contribution >= 4 is 11.2 Å². The van der Waals surface area contributed by atoms with E-state index in [1.165, 1.54) is 9.13 Å². The molecule has 0 aliphatic rings. The van der Waals surface area contributed by atoms with Crippen LogP contribution in [0, 0.1) is 0 Å². The van der Waals surface area contributed by atoms with Crippen molar-refractivity contribution in [1.82, 2.24) is 18.7 Å². The van der Waals surface area contributed by atoms with E-state index in [2.05, 4.69) is 24.1 Å². The van der Waals surface area contributed by atoms with Crippen molar-refractivity contribution in [2.45, 2.75) is 26.4 Å². The van der Waals surface area contributed by atoms with Gasteiger partial charge in [-0.05, 0) is 13.8 Å². The van der Waals surface area contributed by atoms with Crippen LogP contribution in [0.3, 0.4) is 0 Å². The van der Waals surface area contributed by atoms with Gasteiger partial charge in [-0.3, -0.25) is 13.9 Å². The second-order valence-electron chi connectivity index (χ2n) is 5.09. The molecule has 0 fully saturated rings. The Bertz CT molecular complexity index is 713. The van der Waals surface area contributed by atoms with Gasteiger partial charge in [0.2, 0.25) is 0 Å². The van der Waals surface area contributed by atoms with E-state index in [1.54, 1.807) is 25.0 Å². The first-order chi connectivity index (χ1) is 8.93. The molecule has 2 aromatic rings. The van der Waals surface area contributed by atoms with Crippen molar-refractivity contribution in [3.63, 3.8) is 0 Å². The van der Waals surface area contributed by atoms with Crippen LogP contribution in [0.1, 0.15) is 13.8 Å². The molecule has 0 aliphatic carbocycles. The smallest absolute Gasteiger partial charge is 0.332 e. The summed E-state index contributed by atoms with van der Waals surface area (Å²) in [7, 11) is 3.39. The number of nitrogens with two attached hydrogens (primary N) is 1. The molecule has 0 aliphatic heterocycles. The number of fused-ring (bicyclic) bond motifs is 1. The summed E-state index contributed by atoms with van der Waals surface area (Å²) in [5.41, 5.74) is 0.317. The third kappa shape index (κ3) is 2.78. The van der Waals surface area contributed by atoms with Gasteiger partial charge in [0, 0.05) is 14.1 Å². The van der Waals surface area contributed by atoms with E-state index in [1.807, 2.05) is 0 Å². The van der Waals surface area contributed by atoms with Crippen LogP contribution in [0.2, 0.25) is 0 Å². The zero-order valence-electron chi connectivity index (χ0n) is 12.1. The SMILES string of the molecule is CC(C)[NH2+]CCn1c(=O)c2c(ncn2C)n(C)c1=O.[Cl-]. The second-order valence-corrected chi connectivity index (χ2v) is 5.09. The third-order valence-corrected chi connectivity index (χ3v) is 3.19. The average molecular weight is 302 g/mol. The van der Waals surface area contributed by atoms with Crippen LogP contribution in [0.5, 0.6) is 0 Å². The molecule has 0 saturated carbocycles. The Morgan fingerprint density at radius 3 is 2.55 bits per heavy atom. The maximum Gasteiger partial charge on any atom is 0.332 e. The van der Waals surface area contributed by atoms with Gasteiger partial charge in [0.1, 0.15) is 0 Å². The molecule has 0 atom stereocenters. The molecule has 112 valence electrons. The number of halogens is 1. The predicted molar refractivity (Wildman–Crippen MR) is 72.1 cm³/mol. The highest BCUT2D eigenvalue weighted by molar-refractivity contribution is 5.69. The van der Waals surface area contributed by atoms with Gasteiger partial charge >= 0.3 is 5.69 Å². The Morgan fingerprint density at radius 2 is 1.95 bits per heavy atom. The van der Waals surface area contributed by atoms with Gasteiger partial charge in [-0.2, -0.15) is 0 Å². The molecule has 20 heavy (non-hydrogen) atoms. The number of quaternary nitrogens is 1. The molecule has 0 spiro atoms. The van der Waals surface area contributed by atoms with Crippen molar-refractivity contribution in [3.05, 3.63) is 27.2 Å². The summed E-state index contributed by atoms with van der Waals surface area (Å²) in [6, 6.07) is 0.444. The van der Waals surface area contributed by atoms with Crippen molar-refractivity contribution < 1.29 is 17.7 Å².